The Kier molecular flexibility index (Phi) is 7.79. The second-order valence-corrected chi connectivity index (χ2v) is 11.9. The number of amides is 4. The van der Waals surface area contributed by atoms with Crippen molar-refractivity contribution in [3.8, 4) is 0 Å². The normalized spacial score (nSPS) is 25.9. The van der Waals surface area contributed by atoms with Crippen LogP contribution in [-0.2, 0) is 19.2 Å². The summed E-state index contributed by atoms with van der Waals surface area (Å²) in [5, 5.41) is 16.0. The van der Waals surface area contributed by atoms with Crippen LogP contribution in [-0.4, -0.2) is 82.2 Å². The molecule has 2 unspecified atom stereocenters. The van der Waals surface area contributed by atoms with E-state index in [1.165, 1.54) is 0 Å². The van der Waals surface area contributed by atoms with E-state index in [9.17, 15) is 46.6 Å². The average molecular weight is 551 g/mol. The topological polar surface area (TPSA) is 145 Å². The molecule has 4 amide bonds. The maximum atomic E-state index is 14.3. The van der Waals surface area contributed by atoms with Gasteiger partial charge in [0.15, 0.2) is 0 Å². The van der Waals surface area contributed by atoms with Gasteiger partial charge in [0.2, 0.25) is 23.5 Å². The number of likely N-dealkylation sites (tertiary alicyclic amines) is 1. The summed E-state index contributed by atoms with van der Waals surface area (Å²) in [6.07, 6.45) is -2.73. The zero-order valence-electron chi connectivity index (χ0n) is 21.7. The standard InChI is InChI=1S/C24H34F4N4O6/c1-21(2,3)16(31-20(37)38)19(36)32-11-23(10-24(23,27)28)9-14(32)17(34)30-13(7-8-22(4,25)26)15(33)18(35)29-12-5-6-12/h12-14,16,31H,5-11H2,1-4H3,(H,29,35)(H,30,34)(H,37,38)/t13?,14-,16+,23?/m0/s1. The number of carbonyl (C=O) groups excluding carboxylic acids is 4. The van der Waals surface area contributed by atoms with Gasteiger partial charge in [-0.05, 0) is 38.0 Å². The van der Waals surface area contributed by atoms with Crippen molar-refractivity contribution in [2.45, 2.75) is 102 Å². The van der Waals surface area contributed by atoms with E-state index in [0.717, 1.165) is 4.90 Å². The molecule has 1 heterocycles. The second kappa shape index (κ2) is 9.99. The van der Waals surface area contributed by atoms with Crippen molar-refractivity contribution in [1.82, 2.24) is 20.9 Å². The first-order chi connectivity index (χ1) is 17.3. The molecule has 1 aliphatic heterocycles. The zero-order valence-corrected chi connectivity index (χ0v) is 21.7. The lowest BCUT2D eigenvalue weighted by Crippen LogP contribution is -2.59. The van der Waals surface area contributed by atoms with Crippen molar-refractivity contribution in [3.63, 3.8) is 0 Å². The van der Waals surface area contributed by atoms with E-state index < -0.39 is 103 Å². The molecule has 0 aromatic heterocycles. The monoisotopic (exact) mass is 550 g/mol. The van der Waals surface area contributed by atoms with Crippen LogP contribution in [0.3, 0.4) is 0 Å². The summed E-state index contributed by atoms with van der Waals surface area (Å²) < 4.78 is 55.7. The lowest BCUT2D eigenvalue weighted by atomic mass is 9.85. The van der Waals surface area contributed by atoms with Crippen molar-refractivity contribution in [3.05, 3.63) is 0 Å². The van der Waals surface area contributed by atoms with Gasteiger partial charge in [-0.15, -0.1) is 0 Å². The number of halogens is 4. The Morgan fingerprint density at radius 3 is 2.08 bits per heavy atom. The highest BCUT2D eigenvalue weighted by atomic mass is 19.3. The van der Waals surface area contributed by atoms with Crippen LogP contribution in [0, 0.1) is 10.8 Å². The highest BCUT2D eigenvalue weighted by Crippen LogP contribution is 2.66. The van der Waals surface area contributed by atoms with Crippen molar-refractivity contribution >= 4 is 29.6 Å². The van der Waals surface area contributed by atoms with E-state index in [1.807, 2.05) is 0 Å². The van der Waals surface area contributed by atoms with Gasteiger partial charge in [0.1, 0.15) is 12.1 Å². The van der Waals surface area contributed by atoms with Gasteiger partial charge in [-0.25, -0.2) is 22.4 Å². The van der Waals surface area contributed by atoms with Crippen LogP contribution in [0.4, 0.5) is 22.4 Å². The number of alkyl halides is 4. The zero-order chi connectivity index (χ0) is 28.8. The van der Waals surface area contributed by atoms with Gasteiger partial charge in [-0.1, -0.05) is 20.8 Å². The maximum Gasteiger partial charge on any atom is 0.405 e. The van der Waals surface area contributed by atoms with Gasteiger partial charge in [-0.2, -0.15) is 0 Å². The number of carboxylic acid groups (broad SMARTS) is 1. The van der Waals surface area contributed by atoms with E-state index in [0.29, 0.717) is 19.8 Å². The largest absolute Gasteiger partial charge is 0.465 e. The van der Waals surface area contributed by atoms with Crippen molar-refractivity contribution < 1.29 is 46.6 Å². The highest BCUT2D eigenvalue weighted by Gasteiger charge is 2.75. The molecule has 3 aliphatic rings. The molecule has 2 aliphatic carbocycles. The summed E-state index contributed by atoms with van der Waals surface area (Å²) in [4.78, 5) is 64.0. The number of hydrogen-bond donors (Lipinski definition) is 4. The molecule has 38 heavy (non-hydrogen) atoms. The number of nitrogens with zero attached hydrogens (tertiary/aromatic N) is 1. The van der Waals surface area contributed by atoms with E-state index in [4.69, 9.17) is 0 Å². The molecule has 14 heteroatoms. The molecule has 3 rings (SSSR count). The summed E-state index contributed by atoms with van der Waals surface area (Å²) in [5.74, 6) is -10.6. The Bertz CT molecular complexity index is 1010. The molecule has 0 radical (unpaired) electrons. The number of ketones is 1. The van der Waals surface area contributed by atoms with Crippen LogP contribution in [0.15, 0.2) is 0 Å². The Labute approximate surface area is 217 Å². The number of carbonyl (C=O) groups is 5. The Morgan fingerprint density at radius 2 is 1.63 bits per heavy atom. The summed E-state index contributed by atoms with van der Waals surface area (Å²) in [6.45, 7) is 4.74. The van der Waals surface area contributed by atoms with Gasteiger partial charge in [0.05, 0.1) is 11.5 Å². The van der Waals surface area contributed by atoms with E-state index in [1.54, 1.807) is 20.8 Å². The first kappa shape index (κ1) is 29.6. The van der Waals surface area contributed by atoms with E-state index in [-0.39, 0.29) is 6.04 Å². The van der Waals surface area contributed by atoms with Crippen LogP contribution < -0.4 is 16.0 Å². The first-order valence-corrected chi connectivity index (χ1v) is 12.5. The van der Waals surface area contributed by atoms with Gasteiger partial charge in [-0.3, -0.25) is 19.2 Å². The van der Waals surface area contributed by atoms with Crippen molar-refractivity contribution in [2.24, 2.45) is 10.8 Å². The lowest BCUT2D eigenvalue weighted by Gasteiger charge is -2.35. The quantitative estimate of drug-likeness (QED) is 0.242. The molecule has 4 N–H and O–H groups in total. The molecule has 0 bridgehead atoms. The fourth-order valence-electron chi connectivity index (χ4n) is 4.74. The third-order valence-corrected chi connectivity index (χ3v) is 7.25. The minimum atomic E-state index is -3.21. The minimum absolute atomic E-state index is 0.216. The molecule has 10 nitrogen and oxygen atoms in total. The molecule has 214 valence electrons. The van der Waals surface area contributed by atoms with Gasteiger partial charge in [0.25, 0.3) is 11.8 Å². The Morgan fingerprint density at radius 1 is 1.05 bits per heavy atom. The van der Waals surface area contributed by atoms with Gasteiger partial charge in [0, 0.05) is 25.4 Å². The van der Waals surface area contributed by atoms with Crippen LogP contribution >= 0.6 is 0 Å². The maximum absolute atomic E-state index is 14.3. The van der Waals surface area contributed by atoms with E-state index >= 15 is 0 Å². The molecule has 1 saturated heterocycles. The predicted molar refractivity (Wildman–Crippen MR) is 124 cm³/mol. The Balaban J connectivity index is 1.85. The summed E-state index contributed by atoms with van der Waals surface area (Å²) in [5.41, 5.74) is -2.69. The average Bonchev–Trinajstić information content (AvgIpc) is 3.62. The summed E-state index contributed by atoms with van der Waals surface area (Å²) >= 11 is 0. The smallest absolute Gasteiger partial charge is 0.405 e. The molecule has 0 aromatic rings. The van der Waals surface area contributed by atoms with Crippen molar-refractivity contribution in [2.75, 3.05) is 6.54 Å². The molecule has 1 spiro atoms. The molecule has 0 aromatic carbocycles. The SMILES string of the molecule is CC(F)(F)CCC(NC(=O)[C@@H]1CC2(CN1C(=O)[C@@H](NC(=O)O)C(C)(C)C)CC2(F)F)C(=O)C(=O)NC1CC1. The number of rotatable bonds is 10. The van der Waals surface area contributed by atoms with Crippen LogP contribution in [0.25, 0.3) is 0 Å². The second-order valence-electron chi connectivity index (χ2n) is 11.9. The predicted octanol–water partition coefficient (Wildman–Crippen LogP) is 2.06. The van der Waals surface area contributed by atoms with E-state index in [2.05, 4.69) is 16.0 Å². The Hall–Kier alpha value is -2.93. The first-order valence-electron chi connectivity index (χ1n) is 12.5. The van der Waals surface area contributed by atoms with Gasteiger partial charge >= 0.3 is 6.09 Å². The van der Waals surface area contributed by atoms with Crippen LogP contribution in [0.5, 0.6) is 0 Å². The highest BCUT2D eigenvalue weighted by molar-refractivity contribution is 6.38. The molecule has 3 fully saturated rings. The third-order valence-electron chi connectivity index (χ3n) is 7.25. The van der Waals surface area contributed by atoms with Crippen molar-refractivity contribution in [1.29, 1.82) is 0 Å². The molecular weight excluding hydrogens is 516 g/mol. The third kappa shape index (κ3) is 6.73. The summed E-state index contributed by atoms with van der Waals surface area (Å²) in [6, 6.07) is -4.80. The molecular formula is C24H34F4N4O6. The molecule has 2 saturated carbocycles. The van der Waals surface area contributed by atoms with Gasteiger partial charge < -0.3 is 26.0 Å². The summed E-state index contributed by atoms with van der Waals surface area (Å²) in [7, 11) is 0. The lowest BCUT2D eigenvalue weighted by molar-refractivity contribution is -0.144. The number of hydrogen-bond acceptors (Lipinski definition) is 5. The van der Waals surface area contributed by atoms with Crippen LogP contribution in [0.1, 0.15) is 66.2 Å². The molecule has 4 atom stereocenters. The van der Waals surface area contributed by atoms with Crippen LogP contribution in [0.2, 0.25) is 0 Å². The number of Topliss-reactive ketones (excluding diaryl/α,β-unsaturated/α-hetero) is 1. The fraction of sp³-hybridized carbons (Fsp3) is 0.792. The fourth-order valence-corrected chi connectivity index (χ4v) is 4.74. The minimum Gasteiger partial charge on any atom is -0.465 e. The number of nitrogens with one attached hydrogen (secondary N) is 3.